The second kappa shape index (κ2) is 6.74. The van der Waals surface area contributed by atoms with Crippen molar-refractivity contribution in [3.05, 3.63) is 34.9 Å². The van der Waals surface area contributed by atoms with Gasteiger partial charge in [0.15, 0.2) is 0 Å². The van der Waals surface area contributed by atoms with Gasteiger partial charge in [-0.15, -0.1) is 0 Å². The van der Waals surface area contributed by atoms with Gasteiger partial charge in [0.25, 0.3) is 11.8 Å². The van der Waals surface area contributed by atoms with Crippen LogP contribution in [0.2, 0.25) is 0 Å². The number of imide groups is 2. The van der Waals surface area contributed by atoms with Gasteiger partial charge >= 0.3 is 0 Å². The molecule has 5 rings (SSSR count). The Morgan fingerprint density at radius 3 is 2.59 bits per heavy atom. The van der Waals surface area contributed by atoms with Gasteiger partial charge < -0.3 is 5.32 Å². The number of nitrogens with zero attached hydrogens (tertiary/aromatic N) is 2. The predicted molar refractivity (Wildman–Crippen MR) is 103 cm³/mol. The van der Waals surface area contributed by atoms with Crippen LogP contribution in [0.15, 0.2) is 18.2 Å². The zero-order valence-electron chi connectivity index (χ0n) is 16.3. The Bertz CT molecular complexity index is 929. The average molecular weight is 396 g/mol. The highest BCUT2D eigenvalue weighted by Crippen LogP contribution is 2.35. The van der Waals surface area contributed by atoms with Crippen LogP contribution in [0.5, 0.6) is 0 Å². The van der Waals surface area contributed by atoms with Crippen molar-refractivity contribution in [2.45, 2.75) is 50.4 Å². The fraction of sp³-hybridized carbons (Fsp3) is 0.524. The summed E-state index contributed by atoms with van der Waals surface area (Å²) in [7, 11) is 2.10. The number of hydrogen-bond acceptors (Lipinski definition) is 6. The Morgan fingerprint density at radius 2 is 1.90 bits per heavy atom. The molecule has 0 radical (unpaired) electrons. The first-order valence-corrected chi connectivity index (χ1v) is 10.2. The molecule has 0 aromatic heterocycles. The summed E-state index contributed by atoms with van der Waals surface area (Å²) in [6.45, 7) is 1.81. The van der Waals surface area contributed by atoms with Crippen molar-refractivity contribution >= 4 is 23.6 Å². The molecule has 4 atom stereocenters. The van der Waals surface area contributed by atoms with Crippen molar-refractivity contribution < 1.29 is 19.2 Å². The summed E-state index contributed by atoms with van der Waals surface area (Å²) in [6.07, 6.45) is 2.72. The fourth-order valence-electron chi connectivity index (χ4n) is 5.33. The summed E-state index contributed by atoms with van der Waals surface area (Å²) in [5.41, 5.74) is 1.64. The van der Waals surface area contributed by atoms with Crippen LogP contribution in [-0.2, 0) is 16.1 Å². The number of piperidine rings is 2. The van der Waals surface area contributed by atoms with Crippen LogP contribution in [0.1, 0.15) is 52.0 Å². The Kier molecular flexibility index (Phi) is 4.29. The van der Waals surface area contributed by atoms with Crippen molar-refractivity contribution in [3.63, 3.8) is 0 Å². The van der Waals surface area contributed by atoms with Gasteiger partial charge in [0.05, 0.1) is 11.1 Å². The number of rotatable bonds is 4. The maximum absolute atomic E-state index is 12.9. The van der Waals surface area contributed by atoms with Crippen LogP contribution in [0, 0.1) is 5.92 Å². The molecule has 4 aliphatic rings. The quantitative estimate of drug-likeness (QED) is 0.709. The summed E-state index contributed by atoms with van der Waals surface area (Å²) in [4.78, 5) is 52.6. The Hall–Kier alpha value is -2.58. The largest absolute Gasteiger partial charge is 0.312 e. The third-order valence-corrected chi connectivity index (χ3v) is 6.80. The first-order chi connectivity index (χ1) is 13.9. The van der Waals surface area contributed by atoms with E-state index in [1.165, 1.54) is 12.8 Å². The van der Waals surface area contributed by atoms with Crippen LogP contribution in [0.3, 0.4) is 0 Å². The zero-order chi connectivity index (χ0) is 20.3. The van der Waals surface area contributed by atoms with E-state index in [0.717, 1.165) is 22.9 Å². The maximum Gasteiger partial charge on any atom is 0.262 e. The van der Waals surface area contributed by atoms with Gasteiger partial charge in [-0.25, -0.2) is 0 Å². The van der Waals surface area contributed by atoms with Crippen molar-refractivity contribution in [1.82, 2.24) is 20.4 Å². The third kappa shape index (κ3) is 2.98. The Labute approximate surface area is 168 Å². The molecule has 8 nitrogen and oxygen atoms in total. The molecular weight excluding hydrogens is 372 g/mol. The molecule has 4 amide bonds. The lowest BCUT2D eigenvalue weighted by molar-refractivity contribution is -0.136. The van der Waals surface area contributed by atoms with Gasteiger partial charge in [0, 0.05) is 25.0 Å². The lowest BCUT2D eigenvalue weighted by atomic mass is 10.0. The van der Waals surface area contributed by atoms with E-state index in [-0.39, 0.29) is 18.7 Å². The van der Waals surface area contributed by atoms with Crippen LogP contribution >= 0.6 is 0 Å². The number of amides is 4. The van der Waals surface area contributed by atoms with Crippen LogP contribution < -0.4 is 10.6 Å². The van der Waals surface area contributed by atoms with Crippen LogP contribution in [-0.4, -0.2) is 65.1 Å². The van der Waals surface area contributed by atoms with E-state index in [9.17, 15) is 19.2 Å². The van der Waals surface area contributed by atoms with E-state index in [1.807, 2.05) is 6.07 Å². The lowest BCUT2D eigenvalue weighted by Crippen LogP contribution is -2.54. The summed E-state index contributed by atoms with van der Waals surface area (Å²) < 4.78 is 0. The molecule has 1 aromatic rings. The molecule has 0 spiro atoms. The number of benzene rings is 1. The van der Waals surface area contributed by atoms with E-state index in [2.05, 4.69) is 22.6 Å². The van der Waals surface area contributed by atoms with Gasteiger partial charge in [-0.2, -0.15) is 0 Å². The molecule has 29 heavy (non-hydrogen) atoms. The molecule has 8 heteroatoms. The smallest absolute Gasteiger partial charge is 0.262 e. The highest BCUT2D eigenvalue weighted by Gasteiger charge is 2.45. The van der Waals surface area contributed by atoms with E-state index in [4.69, 9.17) is 0 Å². The molecule has 1 aromatic carbocycles. The third-order valence-electron chi connectivity index (χ3n) is 6.80. The molecule has 1 saturated carbocycles. The van der Waals surface area contributed by atoms with Crippen molar-refractivity contribution in [2.75, 3.05) is 13.6 Å². The average Bonchev–Trinajstić information content (AvgIpc) is 3.38. The molecule has 1 unspecified atom stereocenters. The standard InChI is InChI=1S/C21H24N4O4/c1-24(17-8-12-7-15(17)22-9-12)10-11-2-3-13-14(6-11)21(29)25(20(13)28)16-4-5-18(26)23-19(16)27/h2-3,6,12,15-17,22H,4-5,7-10H2,1H3,(H,23,26,27)/t12-,15+,16?,17-/m1/s1. The second-order valence-electron chi connectivity index (χ2n) is 8.66. The van der Waals surface area contributed by atoms with Crippen LogP contribution in [0.4, 0.5) is 0 Å². The number of fused-ring (bicyclic) bond motifs is 3. The summed E-state index contributed by atoms with van der Waals surface area (Å²) in [5, 5.41) is 5.79. The van der Waals surface area contributed by atoms with E-state index < -0.39 is 23.8 Å². The fourth-order valence-corrected chi connectivity index (χ4v) is 5.33. The summed E-state index contributed by atoms with van der Waals surface area (Å²) in [5.74, 6) is -1.11. The minimum absolute atomic E-state index is 0.122. The first-order valence-electron chi connectivity index (χ1n) is 10.2. The molecule has 152 valence electrons. The normalized spacial score (nSPS) is 31.0. The maximum atomic E-state index is 12.9. The highest BCUT2D eigenvalue weighted by molar-refractivity contribution is 6.23. The minimum atomic E-state index is -0.925. The highest BCUT2D eigenvalue weighted by atomic mass is 16.2. The van der Waals surface area contributed by atoms with E-state index in [0.29, 0.717) is 29.8 Å². The molecular formula is C21H24N4O4. The number of hydrogen-bond donors (Lipinski definition) is 2. The number of carbonyl (C=O) groups is 4. The van der Waals surface area contributed by atoms with Gasteiger partial charge in [-0.1, -0.05) is 6.07 Å². The van der Waals surface area contributed by atoms with E-state index >= 15 is 0 Å². The van der Waals surface area contributed by atoms with E-state index in [1.54, 1.807) is 12.1 Å². The first kappa shape index (κ1) is 18.4. The monoisotopic (exact) mass is 396 g/mol. The number of likely N-dealkylation sites (N-methyl/N-ethyl adjacent to an activating group) is 1. The zero-order valence-corrected chi connectivity index (χ0v) is 16.3. The minimum Gasteiger partial charge on any atom is -0.312 e. The molecule has 2 bridgehead atoms. The van der Waals surface area contributed by atoms with Crippen LogP contribution in [0.25, 0.3) is 0 Å². The lowest BCUT2D eigenvalue weighted by Gasteiger charge is -2.32. The van der Waals surface area contributed by atoms with Gasteiger partial charge in [-0.3, -0.25) is 34.3 Å². The van der Waals surface area contributed by atoms with Gasteiger partial charge in [-0.05, 0) is 56.5 Å². The number of nitrogens with one attached hydrogen (secondary N) is 2. The molecule has 2 N–H and O–H groups in total. The summed E-state index contributed by atoms with van der Waals surface area (Å²) in [6, 6.07) is 5.44. The van der Waals surface area contributed by atoms with Crippen molar-refractivity contribution in [2.24, 2.45) is 5.92 Å². The molecule has 3 fully saturated rings. The molecule has 3 aliphatic heterocycles. The second-order valence-corrected chi connectivity index (χ2v) is 8.66. The van der Waals surface area contributed by atoms with Crippen molar-refractivity contribution in [3.8, 4) is 0 Å². The van der Waals surface area contributed by atoms with Gasteiger partial charge in [0.2, 0.25) is 11.8 Å². The predicted octanol–water partition coefficient (Wildman–Crippen LogP) is 0.270. The summed E-state index contributed by atoms with van der Waals surface area (Å²) >= 11 is 0. The molecule has 1 aliphatic carbocycles. The Balaban J connectivity index is 1.34. The van der Waals surface area contributed by atoms with Gasteiger partial charge in [0.1, 0.15) is 6.04 Å². The Morgan fingerprint density at radius 1 is 1.10 bits per heavy atom. The molecule has 2 saturated heterocycles. The molecule has 3 heterocycles. The topological polar surface area (TPSA) is 98.8 Å². The number of carbonyl (C=O) groups excluding carboxylic acids is 4. The SMILES string of the molecule is CN(Cc1ccc2c(c1)C(=O)N(C1CCC(=O)NC1=O)C2=O)[C@@H]1C[C@@H]2CN[C@H]1C2. The van der Waals surface area contributed by atoms with Crippen molar-refractivity contribution in [1.29, 1.82) is 0 Å².